The van der Waals surface area contributed by atoms with Crippen LogP contribution >= 0.6 is 0 Å². The molecule has 0 saturated carbocycles. The minimum atomic E-state index is -0.489. The standard InChI is InChI=1S/C21H24N4O4/c1-14-3-5-19(20(11-14)25(27)28)24-21(26)8-10-22-9-7-15-13-23-18-6-4-16(29-2)12-17(15)18/h3-6,11-13,22-23H,7-10H2,1-2H3,(H,24,26). The molecular formula is C21H24N4O4. The Balaban J connectivity index is 1.46. The van der Waals surface area contributed by atoms with Crippen LogP contribution in [-0.4, -0.2) is 36.0 Å². The number of amides is 1. The summed E-state index contributed by atoms with van der Waals surface area (Å²) >= 11 is 0. The summed E-state index contributed by atoms with van der Waals surface area (Å²) < 4.78 is 5.28. The number of hydrogen-bond donors (Lipinski definition) is 3. The number of nitrogens with one attached hydrogen (secondary N) is 3. The Morgan fingerprint density at radius 1 is 1.21 bits per heavy atom. The molecule has 152 valence electrons. The van der Waals surface area contributed by atoms with Gasteiger partial charge in [-0.25, -0.2) is 0 Å². The van der Waals surface area contributed by atoms with E-state index in [4.69, 9.17) is 4.74 Å². The van der Waals surface area contributed by atoms with Crippen LogP contribution in [0.15, 0.2) is 42.6 Å². The van der Waals surface area contributed by atoms with Gasteiger partial charge in [0.25, 0.3) is 5.69 Å². The van der Waals surface area contributed by atoms with Crippen LogP contribution in [-0.2, 0) is 11.2 Å². The molecule has 0 fully saturated rings. The van der Waals surface area contributed by atoms with Gasteiger partial charge in [0.15, 0.2) is 0 Å². The van der Waals surface area contributed by atoms with E-state index in [1.54, 1.807) is 26.2 Å². The fourth-order valence-electron chi connectivity index (χ4n) is 3.15. The van der Waals surface area contributed by atoms with E-state index in [1.807, 2.05) is 24.4 Å². The summed E-state index contributed by atoms with van der Waals surface area (Å²) in [6, 6.07) is 10.6. The third kappa shape index (κ3) is 5.11. The Hall–Kier alpha value is -3.39. The fraction of sp³-hybridized carbons (Fsp3) is 0.286. The number of ether oxygens (including phenoxy) is 1. The van der Waals surface area contributed by atoms with Gasteiger partial charge in [-0.15, -0.1) is 0 Å². The number of aryl methyl sites for hydroxylation is 1. The van der Waals surface area contributed by atoms with Gasteiger partial charge in [-0.3, -0.25) is 14.9 Å². The highest BCUT2D eigenvalue weighted by atomic mass is 16.6. The quantitative estimate of drug-likeness (QED) is 0.291. The SMILES string of the molecule is COc1ccc2[nH]cc(CCNCCC(=O)Nc3ccc(C)cc3[N+](=O)[O-])c2c1. The number of benzene rings is 2. The molecule has 0 spiro atoms. The molecule has 3 rings (SSSR count). The van der Waals surface area contributed by atoms with Crippen LogP contribution < -0.4 is 15.4 Å². The predicted molar refractivity (Wildman–Crippen MR) is 113 cm³/mol. The van der Waals surface area contributed by atoms with Gasteiger partial charge in [0, 0.05) is 36.1 Å². The number of aromatic nitrogens is 1. The molecule has 2 aromatic carbocycles. The number of nitro groups is 1. The van der Waals surface area contributed by atoms with Gasteiger partial charge >= 0.3 is 0 Å². The monoisotopic (exact) mass is 396 g/mol. The lowest BCUT2D eigenvalue weighted by molar-refractivity contribution is -0.384. The smallest absolute Gasteiger partial charge is 0.293 e. The summed E-state index contributed by atoms with van der Waals surface area (Å²) in [5.41, 5.74) is 3.12. The molecule has 0 bridgehead atoms. The van der Waals surface area contributed by atoms with Crippen LogP contribution in [0.5, 0.6) is 5.75 Å². The Bertz CT molecular complexity index is 1030. The normalized spacial score (nSPS) is 10.8. The van der Waals surface area contributed by atoms with Gasteiger partial charge in [0.05, 0.1) is 12.0 Å². The van der Waals surface area contributed by atoms with Crippen molar-refractivity contribution >= 4 is 28.2 Å². The number of nitro benzene ring substituents is 1. The minimum absolute atomic E-state index is 0.0962. The lowest BCUT2D eigenvalue weighted by Crippen LogP contribution is -2.23. The molecule has 8 heteroatoms. The summed E-state index contributed by atoms with van der Waals surface area (Å²) in [5, 5.41) is 18.1. The number of anilines is 1. The van der Waals surface area contributed by atoms with E-state index >= 15 is 0 Å². The highest BCUT2D eigenvalue weighted by Gasteiger charge is 2.15. The first kappa shape index (κ1) is 20.3. The Morgan fingerprint density at radius 2 is 2.03 bits per heavy atom. The van der Waals surface area contributed by atoms with Crippen LogP contribution in [0.25, 0.3) is 10.9 Å². The number of hydrogen-bond acceptors (Lipinski definition) is 5. The van der Waals surface area contributed by atoms with E-state index < -0.39 is 4.92 Å². The number of rotatable bonds is 9. The zero-order valence-corrected chi connectivity index (χ0v) is 16.5. The highest BCUT2D eigenvalue weighted by molar-refractivity contribution is 5.93. The van der Waals surface area contributed by atoms with E-state index in [0.717, 1.165) is 28.6 Å². The number of carbonyl (C=O) groups excluding carboxylic acids is 1. The van der Waals surface area contributed by atoms with Crippen molar-refractivity contribution in [3.8, 4) is 5.75 Å². The van der Waals surface area contributed by atoms with Crippen LogP contribution in [0, 0.1) is 17.0 Å². The molecule has 0 aliphatic rings. The molecule has 1 aromatic heterocycles. The van der Waals surface area contributed by atoms with Crippen molar-refractivity contribution in [1.82, 2.24) is 10.3 Å². The van der Waals surface area contributed by atoms with Crippen molar-refractivity contribution in [3.05, 3.63) is 63.8 Å². The first-order chi connectivity index (χ1) is 14.0. The van der Waals surface area contributed by atoms with Crippen LogP contribution in [0.1, 0.15) is 17.5 Å². The highest BCUT2D eigenvalue weighted by Crippen LogP contribution is 2.25. The molecule has 0 aliphatic heterocycles. The number of carbonyl (C=O) groups is 1. The van der Waals surface area contributed by atoms with Gasteiger partial charge in [-0.1, -0.05) is 6.07 Å². The van der Waals surface area contributed by atoms with Gasteiger partial charge in [0.2, 0.25) is 5.91 Å². The van der Waals surface area contributed by atoms with Gasteiger partial charge in [-0.05, 0) is 55.3 Å². The summed E-state index contributed by atoms with van der Waals surface area (Å²) in [4.78, 5) is 26.0. The molecular weight excluding hydrogens is 372 g/mol. The summed E-state index contributed by atoms with van der Waals surface area (Å²) in [7, 11) is 1.64. The van der Waals surface area contributed by atoms with Gasteiger partial charge in [0.1, 0.15) is 11.4 Å². The first-order valence-corrected chi connectivity index (χ1v) is 9.37. The largest absolute Gasteiger partial charge is 0.497 e. The van der Waals surface area contributed by atoms with E-state index in [2.05, 4.69) is 15.6 Å². The lowest BCUT2D eigenvalue weighted by Gasteiger charge is -2.08. The molecule has 29 heavy (non-hydrogen) atoms. The number of fused-ring (bicyclic) bond motifs is 1. The number of methoxy groups -OCH3 is 1. The Kier molecular flexibility index (Phi) is 6.46. The van der Waals surface area contributed by atoms with E-state index in [0.29, 0.717) is 13.1 Å². The van der Waals surface area contributed by atoms with Gasteiger partial charge in [-0.2, -0.15) is 0 Å². The first-order valence-electron chi connectivity index (χ1n) is 9.37. The van der Waals surface area contributed by atoms with Crippen molar-refractivity contribution in [2.75, 3.05) is 25.5 Å². The molecule has 3 aromatic rings. The average Bonchev–Trinajstić information content (AvgIpc) is 3.11. The molecule has 0 atom stereocenters. The van der Waals surface area contributed by atoms with Crippen LogP contribution in [0.2, 0.25) is 0 Å². The predicted octanol–water partition coefficient (Wildman–Crippen LogP) is 3.55. The second-order valence-corrected chi connectivity index (χ2v) is 6.80. The molecule has 0 aliphatic carbocycles. The molecule has 1 heterocycles. The zero-order valence-electron chi connectivity index (χ0n) is 16.5. The van der Waals surface area contributed by atoms with Crippen molar-refractivity contribution in [3.63, 3.8) is 0 Å². The molecule has 1 amide bonds. The fourth-order valence-corrected chi connectivity index (χ4v) is 3.15. The average molecular weight is 396 g/mol. The molecule has 0 saturated heterocycles. The molecule has 3 N–H and O–H groups in total. The van der Waals surface area contributed by atoms with E-state index in [-0.39, 0.29) is 23.7 Å². The number of H-pyrrole nitrogens is 1. The van der Waals surface area contributed by atoms with Crippen LogP contribution in [0.4, 0.5) is 11.4 Å². The van der Waals surface area contributed by atoms with Crippen molar-refractivity contribution in [2.24, 2.45) is 0 Å². The summed E-state index contributed by atoms with van der Waals surface area (Å²) in [6.07, 6.45) is 3.01. The van der Waals surface area contributed by atoms with E-state index in [9.17, 15) is 14.9 Å². The summed E-state index contributed by atoms with van der Waals surface area (Å²) in [5.74, 6) is 0.550. The number of aromatic amines is 1. The van der Waals surface area contributed by atoms with Gasteiger partial charge < -0.3 is 20.4 Å². The van der Waals surface area contributed by atoms with Crippen molar-refractivity contribution in [2.45, 2.75) is 19.8 Å². The molecule has 0 unspecified atom stereocenters. The Morgan fingerprint density at radius 3 is 2.79 bits per heavy atom. The third-order valence-corrected chi connectivity index (χ3v) is 4.70. The van der Waals surface area contributed by atoms with Crippen LogP contribution in [0.3, 0.4) is 0 Å². The molecule has 0 radical (unpaired) electrons. The zero-order chi connectivity index (χ0) is 20.8. The second kappa shape index (κ2) is 9.20. The maximum absolute atomic E-state index is 12.1. The Labute approximate surface area is 168 Å². The summed E-state index contributed by atoms with van der Waals surface area (Å²) in [6.45, 7) is 2.96. The minimum Gasteiger partial charge on any atom is -0.497 e. The molecule has 8 nitrogen and oxygen atoms in total. The van der Waals surface area contributed by atoms with E-state index in [1.165, 1.54) is 11.6 Å². The van der Waals surface area contributed by atoms with Crippen molar-refractivity contribution < 1.29 is 14.5 Å². The maximum Gasteiger partial charge on any atom is 0.293 e. The topological polar surface area (TPSA) is 109 Å². The second-order valence-electron chi connectivity index (χ2n) is 6.80. The van der Waals surface area contributed by atoms with Crippen molar-refractivity contribution in [1.29, 1.82) is 0 Å². The maximum atomic E-state index is 12.1. The third-order valence-electron chi connectivity index (χ3n) is 4.70. The number of nitrogens with zero attached hydrogens (tertiary/aromatic N) is 1. The lowest BCUT2D eigenvalue weighted by atomic mass is 10.1.